The van der Waals surface area contributed by atoms with Gasteiger partial charge in [0.15, 0.2) is 0 Å². The fraction of sp³-hybridized carbons (Fsp3) is 0.650. The predicted molar refractivity (Wildman–Crippen MR) is 98.0 cm³/mol. The maximum atomic E-state index is 11.9. The molecule has 138 valence electrons. The van der Waals surface area contributed by atoms with E-state index in [0.29, 0.717) is 6.04 Å². The summed E-state index contributed by atoms with van der Waals surface area (Å²) in [6, 6.07) is 9.00. The van der Waals surface area contributed by atoms with Crippen molar-refractivity contribution >= 4 is 6.09 Å². The Kier molecular flexibility index (Phi) is 5.52. The van der Waals surface area contributed by atoms with Gasteiger partial charge in [0.2, 0.25) is 0 Å². The average molecular weight is 346 g/mol. The van der Waals surface area contributed by atoms with Crippen molar-refractivity contribution < 1.29 is 14.3 Å². The van der Waals surface area contributed by atoms with Gasteiger partial charge in [-0.1, -0.05) is 18.2 Å². The van der Waals surface area contributed by atoms with E-state index in [4.69, 9.17) is 9.47 Å². The first-order valence-corrected chi connectivity index (χ1v) is 9.36. The number of hydrogen-bond donors (Lipinski definition) is 2. The molecule has 0 aromatic heterocycles. The van der Waals surface area contributed by atoms with E-state index in [0.717, 1.165) is 44.4 Å². The van der Waals surface area contributed by atoms with Crippen LogP contribution < -0.4 is 15.4 Å². The van der Waals surface area contributed by atoms with E-state index in [1.165, 1.54) is 5.56 Å². The molecule has 1 amide bonds. The second-order valence-corrected chi connectivity index (χ2v) is 8.15. The summed E-state index contributed by atoms with van der Waals surface area (Å²) in [5, 5.41) is 6.63. The highest BCUT2D eigenvalue weighted by molar-refractivity contribution is 5.68. The molecular weight excluding hydrogens is 316 g/mol. The lowest BCUT2D eigenvalue weighted by Gasteiger charge is -2.31. The summed E-state index contributed by atoms with van der Waals surface area (Å²) < 4.78 is 11.3. The number of nitrogens with one attached hydrogen (secondary N) is 2. The van der Waals surface area contributed by atoms with Crippen molar-refractivity contribution in [1.82, 2.24) is 10.6 Å². The number of alkyl carbamates (subject to hydrolysis) is 1. The van der Waals surface area contributed by atoms with Gasteiger partial charge in [-0.05, 0) is 58.1 Å². The number of carbonyl (C=O) groups excluding carboxylic acids is 1. The standard InChI is InChI=1S/C20H30N2O3/c1-20(2,3)25-19(23)22-16-10-8-15(9-11-16)21-13-17-12-14-6-4-5-7-18(14)24-17/h4-7,15-17,21H,8-13H2,1-3H3,(H,22,23). The fourth-order valence-electron chi connectivity index (χ4n) is 3.58. The first kappa shape index (κ1) is 18.1. The molecule has 25 heavy (non-hydrogen) atoms. The second-order valence-electron chi connectivity index (χ2n) is 8.15. The SMILES string of the molecule is CC(C)(C)OC(=O)NC1CCC(NCC2Cc3ccccc3O2)CC1. The van der Waals surface area contributed by atoms with Gasteiger partial charge in [-0.2, -0.15) is 0 Å². The minimum atomic E-state index is -0.443. The molecule has 1 aromatic carbocycles. The Morgan fingerprint density at radius 3 is 2.52 bits per heavy atom. The summed E-state index contributed by atoms with van der Waals surface area (Å²) >= 11 is 0. The van der Waals surface area contributed by atoms with Gasteiger partial charge in [0.05, 0.1) is 0 Å². The Bertz CT molecular complexity index is 564. The maximum absolute atomic E-state index is 11.9. The molecule has 1 atom stereocenters. The molecule has 1 unspecified atom stereocenters. The minimum absolute atomic E-state index is 0.222. The molecule has 1 saturated carbocycles. The molecular formula is C20H30N2O3. The smallest absolute Gasteiger partial charge is 0.407 e. The monoisotopic (exact) mass is 346 g/mol. The zero-order valence-electron chi connectivity index (χ0n) is 15.5. The van der Waals surface area contributed by atoms with Crippen LogP contribution in [0.15, 0.2) is 24.3 Å². The molecule has 1 aromatic rings. The molecule has 1 heterocycles. The largest absolute Gasteiger partial charge is 0.488 e. The van der Waals surface area contributed by atoms with Gasteiger partial charge in [0.25, 0.3) is 0 Å². The molecule has 0 saturated heterocycles. The molecule has 5 nitrogen and oxygen atoms in total. The van der Waals surface area contributed by atoms with Crippen LogP contribution in [0.5, 0.6) is 5.75 Å². The molecule has 0 radical (unpaired) electrons. The summed E-state index contributed by atoms with van der Waals surface area (Å²) in [6.07, 6.45) is 5.03. The van der Waals surface area contributed by atoms with Crippen LogP contribution in [0.1, 0.15) is 52.0 Å². The highest BCUT2D eigenvalue weighted by Crippen LogP contribution is 2.28. The van der Waals surface area contributed by atoms with Crippen LogP contribution in [0.25, 0.3) is 0 Å². The number of benzene rings is 1. The molecule has 2 aliphatic rings. The van der Waals surface area contributed by atoms with Crippen molar-refractivity contribution in [2.24, 2.45) is 0 Å². The summed E-state index contributed by atoms with van der Waals surface area (Å²) in [5.41, 5.74) is 0.862. The van der Waals surface area contributed by atoms with Crippen molar-refractivity contribution in [3.8, 4) is 5.75 Å². The predicted octanol–water partition coefficient (Wildman–Crippen LogP) is 3.42. The number of fused-ring (bicyclic) bond motifs is 1. The number of carbonyl (C=O) groups is 1. The Hall–Kier alpha value is -1.75. The lowest BCUT2D eigenvalue weighted by molar-refractivity contribution is 0.0489. The first-order chi connectivity index (χ1) is 11.9. The quantitative estimate of drug-likeness (QED) is 0.877. The average Bonchev–Trinajstić information content (AvgIpc) is 2.95. The van der Waals surface area contributed by atoms with E-state index >= 15 is 0 Å². The van der Waals surface area contributed by atoms with E-state index in [2.05, 4.69) is 22.8 Å². The van der Waals surface area contributed by atoms with Gasteiger partial charge in [0.1, 0.15) is 17.5 Å². The molecule has 2 N–H and O–H groups in total. The number of amides is 1. The van der Waals surface area contributed by atoms with Crippen LogP contribution in [-0.4, -0.2) is 36.4 Å². The topological polar surface area (TPSA) is 59.6 Å². The zero-order valence-corrected chi connectivity index (χ0v) is 15.5. The number of hydrogen-bond acceptors (Lipinski definition) is 4. The summed E-state index contributed by atoms with van der Waals surface area (Å²) in [4.78, 5) is 11.9. The third-order valence-corrected chi connectivity index (χ3v) is 4.80. The number of rotatable bonds is 4. The molecule has 5 heteroatoms. The molecule has 1 aliphatic heterocycles. The van der Waals surface area contributed by atoms with Gasteiger partial charge in [0, 0.05) is 25.0 Å². The summed E-state index contributed by atoms with van der Waals surface area (Å²) in [5.74, 6) is 1.03. The Morgan fingerprint density at radius 2 is 1.84 bits per heavy atom. The van der Waals surface area contributed by atoms with Crippen molar-refractivity contribution in [3.05, 3.63) is 29.8 Å². The van der Waals surface area contributed by atoms with Crippen molar-refractivity contribution in [2.75, 3.05) is 6.54 Å². The Morgan fingerprint density at radius 1 is 1.16 bits per heavy atom. The molecule has 1 aliphatic carbocycles. The van der Waals surface area contributed by atoms with Crippen LogP contribution in [0.4, 0.5) is 4.79 Å². The molecule has 3 rings (SSSR count). The van der Waals surface area contributed by atoms with E-state index in [9.17, 15) is 4.79 Å². The van der Waals surface area contributed by atoms with Crippen LogP contribution in [0.3, 0.4) is 0 Å². The second kappa shape index (κ2) is 7.65. The Labute approximate surface area is 150 Å². The van der Waals surface area contributed by atoms with Gasteiger partial charge in [-0.25, -0.2) is 4.79 Å². The minimum Gasteiger partial charge on any atom is -0.488 e. The highest BCUT2D eigenvalue weighted by Gasteiger charge is 2.27. The van der Waals surface area contributed by atoms with Crippen LogP contribution in [0, 0.1) is 0 Å². The maximum Gasteiger partial charge on any atom is 0.407 e. The molecule has 0 bridgehead atoms. The van der Waals surface area contributed by atoms with Crippen LogP contribution in [-0.2, 0) is 11.2 Å². The Balaban J connectivity index is 1.34. The van der Waals surface area contributed by atoms with E-state index in [-0.39, 0.29) is 18.2 Å². The van der Waals surface area contributed by atoms with Gasteiger partial charge < -0.3 is 20.1 Å². The zero-order chi connectivity index (χ0) is 17.9. The first-order valence-electron chi connectivity index (χ1n) is 9.36. The van der Waals surface area contributed by atoms with Gasteiger partial charge in [-0.3, -0.25) is 0 Å². The third-order valence-electron chi connectivity index (χ3n) is 4.80. The third kappa shape index (κ3) is 5.36. The molecule has 1 fully saturated rings. The van der Waals surface area contributed by atoms with E-state index in [1.54, 1.807) is 0 Å². The summed E-state index contributed by atoms with van der Waals surface area (Å²) in [7, 11) is 0. The van der Waals surface area contributed by atoms with Crippen LogP contribution in [0.2, 0.25) is 0 Å². The van der Waals surface area contributed by atoms with Crippen molar-refractivity contribution in [1.29, 1.82) is 0 Å². The van der Waals surface area contributed by atoms with Crippen LogP contribution >= 0.6 is 0 Å². The number of para-hydroxylation sites is 1. The van der Waals surface area contributed by atoms with E-state index in [1.807, 2.05) is 32.9 Å². The number of ether oxygens (including phenoxy) is 2. The van der Waals surface area contributed by atoms with Crippen molar-refractivity contribution in [3.63, 3.8) is 0 Å². The lowest BCUT2D eigenvalue weighted by Crippen LogP contribution is -2.45. The fourth-order valence-corrected chi connectivity index (χ4v) is 3.58. The van der Waals surface area contributed by atoms with Gasteiger partial charge >= 0.3 is 6.09 Å². The molecule has 0 spiro atoms. The van der Waals surface area contributed by atoms with E-state index < -0.39 is 5.60 Å². The van der Waals surface area contributed by atoms with Gasteiger partial charge in [-0.15, -0.1) is 0 Å². The lowest BCUT2D eigenvalue weighted by atomic mass is 9.91. The summed E-state index contributed by atoms with van der Waals surface area (Å²) in [6.45, 7) is 6.54. The normalized spacial score (nSPS) is 25.8. The highest BCUT2D eigenvalue weighted by atomic mass is 16.6. The van der Waals surface area contributed by atoms with Crippen molar-refractivity contribution in [2.45, 2.75) is 76.7 Å².